The van der Waals surface area contributed by atoms with Crippen LogP contribution in [0, 0.1) is 17.8 Å². The molecule has 2 heterocycles. The number of nitrogens with one attached hydrogen (secondary N) is 2. The van der Waals surface area contributed by atoms with Gasteiger partial charge in [-0.3, -0.25) is 9.59 Å². The van der Waals surface area contributed by atoms with E-state index in [1.165, 1.54) is 12.8 Å². The van der Waals surface area contributed by atoms with Crippen LogP contribution in [0.3, 0.4) is 0 Å². The monoisotopic (exact) mass is 359 g/mol. The molecule has 0 spiro atoms. The first kappa shape index (κ1) is 21.2. The molecule has 2 saturated heterocycles. The van der Waals surface area contributed by atoms with Gasteiger partial charge in [0.1, 0.15) is 0 Å². The molecule has 0 aromatic heterocycles. The van der Waals surface area contributed by atoms with Crippen molar-refractivity contribution in [1.29, 1.82) is 0 Å². The minimum Gasteiger partial charge on any atom is -0.356 e. The molecule has 0 aromatic rings. The van der Waals surface area contributed by atoms with E-state index in [9.17, 15) is 9.59 Å². The third-order valence-electron chi connectivity index (χ3n) is 5.33. The van der Waals surface area contributed by atoms with E-state index in [1.54, 1.807) is 0 Å². The summed E-state index contributed by atoms with van der Waals surface area (Å²) in [5.74, 6) is 1.36. The summed E-state index contributed by atoms with van der Waals surface area (Å²) in [7, 11) is 0. The van der Waals surface area contributed by atoms with Gasteiger partial charge in [0, 0.05) is 26.1 Å². The van der Waals surface area contributed by atoms with Crippen LogP contribution in [-0.4, -0.2) is 49.4 Å². The Hall–Kier alpha value is -0.810. The quantitative estimate of drug-likeness (QED) is 0.764. The highest BCUT2D eigenvalue weighted by molar-refractivity contribution is 5.85. The summed E-state index contributed by atoms with van der Waals surface area (Å²) in [6.07, 6.45) is 5.86. The van der Waals surface area contributed by atoms with Gasteiger partial charge in [0.2, 0.25) is 11.8 Å². The van der Waals surface area contributed by atoms with E-state index in [0.717, 1.165) is 45.4 Å². The van der Waals surface area contributed by atoms with E-state index in [0.29, 0.717) is 24.8 Å². The van der Waals surface area contributed by atoms with E-state index in [2.05, 4.69) is 24.5 Å². The van der Waals surface area contributed by atoms with Crippen LogP contribution in [0.25, 0.3) is 0 Å². The van der Waals surface area contributed by atoms with Crippen molar-refractivity contribution in [3.8, 4) is 0 Å². The number of hydrogen-bond acceptors (Lipinski definition) is 3. The van der Waals surface area contributed by atoms with Crippen LogP contribution in [0.1, 0.15) is 52.4 Å². The largest absolute Gasteiger partial charge is 0.356 e. The Morgan fingerprint density at radius 1 is 1.29 bits per heavy atom. The molecule has 0 saturated carbocycles. The second-order valence-corrected chi connectivity index (χ2v) is 7.26. The lowest BCUT2D eigenvalue weighted by Crippen LogP contribution is -2.46. The predicted octanol–water partition coefficient (Wildman–Crippen LogP) is 2.20. The molecule has 2 N–H and O–H groups in total. The molecule has 3 unspecified atom stereocenters. The molecule has 0 aromatic carbocycles. The fourth-order valence-corrected chi connectivity index (χ4v) is 3.75. The van der Waals surface area contributed by atoms with Crippen LogP contribution >= 0.6 is 12.4 Å². The molecule has 6 heteroatoms. The Morgan fingerprint density at radius 2 is 2.08 bits per heavy atom. The first-order chi connectivity index (χ1) is 11.1. The summed E-state index contributed by atoms with van der Waals surface area (Å²) < 4.78 is 0. The SMILES string of the molecule is CCCNC(=O)C1CCCN(C(=O)CC(C)C2CCCNC2)C1.Cl. The third kappa shape index (κ3) is 6.25. The Labute approximate surface area is 152 Å². The fraction of sp³-hybridized carbons (Fsp3) is 0.889. The van der Waals surface area contributed by atoms with E-state index in [4.69, 9.17) is 0 Å². The van der Waals surface area contributed by atoms with Gasteiger partial charge in [-0.05, 0) is 57.0 Å². The number of amides is 2. The molecular weight excluding hydrogens is 326 g/mol. The van der Waals surface area contributed by atoms with Crippen LogP contribution in [0.15, 0.2) is 0 Å². The number of carbonyl (C=O) groups is 2. The molecule has 140 valence electrons. The van der Waals surface area contributed by atoms with Crippen LogP contribution in [0.2, 0.25) is 0 Å². The van der Waals surface area contributed by atoms with Gasteiger partial charge in [-0.2, -0.15) is 0 Å². The van der Waals surface area contributed by atoms with E-state index in [-0.39, 0.29) is 30.1 Å². The molecule has 2 aliphatic heterocycles. The van der Waals surface area contributed by atoms with Crippen LogP contribution < -0.4 is 10.6 Å². The molecule has 2 rings (SSSR count). The van der Waals surface area contributed by atoms with E-state index >= 15 is 0 Å². The molecule has 0 radical (unpaired) electrons. The van der Waals surface area contributed by atoms with Gasteiger partial charge in [0.05, 0.1) is 5.92 Å². The fourth-order valence-electron chi connectivity index (χ4n) is 3.75. The summed E-state index contributed by atoms with van der Waals surface area (Å²) in [4.78, 5) is 26.7. The van der Waals surface area contributed by atoms with Crippen molar-refractivity contribution in [3.63, 3.8) is 0 Å². The zero-order chi connectivity index (χ0) is 16.7. The highest BCUT2D eigenvalue weighted by Crippen LogP contribution is 2.25. The number of rotatable bonds is 6. The minimum absolute atomic E-state index is 0. The van der Waals surface area contributed by atoms with Gasteiger partial charge in [0.15, 0.2) is 0 Å². The van der Waals surface area contributed by atoms with Gasteiger partial charge in [-0.25, -0.2) is 0 Å². The Morgan fingerprint density at radius 3 is 2.75 bits per heavy atom. The highest BCUT2D eigenvalue weighted by Gasteiger charge is 2.30. The standard InChI is InChI=1S/C18H33N3O2.ClH/c1-3-8-20-18(23)16-7-5-10-21(13-16)17(22)11-14(2)15-6-4-9-19-12-15;/h14-16,19H,3-13H2,1-2H3,(H,20,23);1H. The van der Waals surface area contributed by atoms with Crippen LogP contribution in [-0.2, 0) is 9.59 Å². The molecule has 0 aliphatic carbocycles. The molecule has 5 nitrogen and oxygen atoms in total. The highest BCUT2D eigenvalue weighted by atomic mass is 35.5. The van der Waals surface area contributed by atoms with E-state index < -0.39 is 0 Å². The second-order valence-electron chi connectivity index (χ2n) is 7.26. The van der Waals surface area contributed by atoms with Crippen molar-refractivity contribution in [2.45, 2.75) is 52.4 Å². The maximum Gasteiger partial charge on any atom is 0.224 e. The van der Waals surface area contributed by atoms with E-state index in [1.807, 2.05) is 4.90 Å². The summed E-state index contributed by atoms with van der Waals surface area (Å²) in [5.41, 5.74) is 0. The van der Waals surface area contributed by atoms with Crippen LogP contribution in [0.4, 0.5) is 0 Å². The maximum absolute atomic E-state index is 12.6. The Balaban J connectivity index is 0.00000288. The number of carbonyl (C=O) groups excluding carboxylic acids is 2. The molecule has 2 aliphatic rings. The van der Waals surface area contributed by atoms with Crippen molar-refractivity contribution in [2.75, 3.05) is 32.7 Å². The third-order valence-corrected chi connectivity index (χ3v) is 5.33. The summed E-state index contributed by atoms with van der Waals surface area (Å²) >= 11 is 0. The number of nitrogens with zero attached hydrogens (tertiary/aromatic N) is 1. The van der Waals surface area contributed by atoms with Gasteiger partial charge in [-0.1, -0.05) is 13.8 Å². The predicted molar refractivity (Wildman–Crippen MR) is 99.2 cm³/mol. The molecule has 2 fully saturated rings. The van der Waals surface area contributed by atoms with Gasteiger partial charge >= 0.3 is 0 Å². The average Bonchev–Trinajstić information content (AvgIpc) is 2.60. The molecule has 3 atom stereocenters. The number of likely N-dealkylation sites (tertiary alicyclic amines) is 1. The zero-order valence-electron chi connectivity index (χ0n) is 15.2. The molecule has 2 amide bonds. The lowest BCUT2D eigenvalue weighted by molar-refractivity contribution is -0.136. The Bertz CT molecular complexity index is 400. The minimum atomic E-state index is -0.0223. The first-order valence-corrected chi connectivity index (χ1v) is 9.38. The molecular formula is C18H34ClN3O2. The van der Waals surface area contributed by atoms with Gasteiger partial charge in [-0.15, -0.1) is 12.4 Å². The first-order valence-electron chi connectivity index (χ1n) is 9.38. The summed E-state index contributed by atoms with van der Waals surface area (Å²) in [6.45, 7) is 8.54. The van der Waals surface area contributed by atoms with Gasteiger partial charge in [0.25, 0.3) is 0 Å². The second kappa shape index (κ2) is 10.9. The summed E-state index contributed by atoms with van der Waals surface area (Å²) in [5, 5.41) is 6.40. The Kier molecular flexibility index (Phi) is 9.67. The molecule has 0 bridgehead atoms. The van der Waals surface area contributed by atoms with Gasteiger partial charge < -0.3 is 15.5 Å². The zero-order valence-corrected chi connectivity index (χ0v) is 16.0. The molecule has 24 heavy (non-hydrogen) atoms. The maximum atomic E-state index is 12.6. The lowest BCUT2D eigenvalue weighted by Gasteiger charge is -2.34. The normalized spacial score (nSPS) is 25.5. The van der Waals surface area contributed by atoms with Crippen molar-refractivity contribution in [3.05, 3.63) is 0 Å². The smallest absolute Gasteiger partial charge is 0.224 e. The van der Waals surface area contributed by atoms with Crippen molar-refractivity contribution >= 4 is 24.2 Å². The topological polar surface area (TPSA) is 61.4 Å². The van der Waals surface area contributed by atoms with Crippen LogP contribution in [0.5, 0.6) is 0 Å². The number of piperidine rings is 2. The number of hydrogen-bond donors (Lipinski definition) is 2. The lowest BCUT2D eigenvalue weighted by atomic mass is 9.85. The summed E-state index contributed by atoms with van der Waals surface area (Å²) in [6, 6.07) is 0. The average molecular weight is 360 g/mol. The van der Waals surface area contributed by atoms with Crippen molar-refractivity contribution in [2.24, 2.45) is 17.8 Å². The van der Waals surface area contributed by atoms with Crippen molar-refractivity contribution in [1.82, 2.24) is 15.5 Å². The van der Waals surface area contributed by atoms with Crippen molar-refractivity contribution < 1.29 is 9.59 Å². The number of halogens is 1.